The number of aryl methyl sites for hydroxylation is 1. The summed E-state index contributed by atoms with van der Waals surface area (Å²) in [7, 11) is -1.94. The van der Waals surface area contributed by atoms with E-state index in [1.807, 2.05) is 12.1 Å². The average molecular weight is 348 g/mol. The van der Waals surface area contributed by atoms with Crippen LogP contribution in [0.1, 0.15) is 43.9 Å². The van der Waals surface area contributed by atoms with E-state index in [2.05, 4.69) is 38.8 Å². The van der Waals surface area contributed by atoms with E-state index in [0.29, 0.717) is 11.1 Å². The molecular formula is C19H26FNO2Si. The Morgan fingerprint density at radius 3 is 2.54 bits per heavy atom. The Morgan fingerprint density at radius 2 is 1.88 bits per heavy atom. The van der Waals surface area contributed by atoms with Crippen molar-refractivity contribution in [2.45, 2.75) is 64.8 Å². The van der Waals surface area contributed by atoms with Crippen molar-refractivity contribution in [2.75, 3.05) is 0 Å². The highest BCUT2D eigenvalue weighted by molar-refractivity contribution is 6.74. The van der Waals surface area contributed by atoms with Crippen molar-refractivity contribution in [3.05, 3.63) is 45.0 Å². The van der Waals surface area contributed by atoms with Gasteiger partial charge >= 0.3 is 0 Å². The second-order valence-electron chi connectivity index (χ2n) is 8.27. The summed E-state index contributed by atoms with van der Waals surface area (Å²) in [5.41, 5.74) is 2.55. The molecule has 1 aliphatic rings. The first-order valence-corrected chi connectivity index (χ1v) is 11.5. The lowest BCUT2D eigenvalue weighted by molar-refractivity contribution is 0.271. The lowest BCUT2D eigenvalue weighted by atomic mass is 10.0. The maximum atomic E-state index is 15.0. The van der Waals surface area contributed by atoms with E-state index >= 15 is 0 Å². The van der Waals surface area contributed by atoms with Gasteiger partial charge in [0.05, 0.1) is 12.1 Å². The van der Waals surface area contributed by atoms with E-state index in [0.717, 1.165) is 35.8 Å². The van der Waals surface area contributed by atoms with Crippen molar-refractivity contribution in [2.24, 2.45) is 0 Å². The smallest absolute Gasteiger partial charge is 0.251 e. The number of aromatic nitrogens is 1. The van der Waals surface area contributed by atoms with Crippen LogP contribution >= 0.6 is 0 Å². The predicted molar refractivity (Wildman–Crippen MR) is 98.5 cm³/mol. The van der Waals surface area contributed by atoms with Gasteiger partial charge in [-0.15, -0.1) is 0 Å². The highest BCUT2D eigenvalue weighted by Crippen LogP contribution is 2.37. The van der Waals surface area contributed by atoms with E-state index in [1.165, 1.54) is 0 Å². The summed E-state index contributed by atoms with van der Waals surface area (Å²) in [5.74, 6) is -0.349. The Bertz CT molecular complexity index is 849. The third-order valence-corrected chi connectivity index (χ3v) is 10.2. The van der Waals surface area contributed by atoms with Crippen molar-refractivity contribution in [1.82, 2.24) is 4.98 Å². The molecule has 0 aliphatic heterocycles. The maximum absolute atomic E-state index is 15.0. The largest absolute Gasteiger partial charge is 0.412 e. The predicted octanol–water partition coefficient (Wildman–Crippen LogP) is 4.68. The summed E-state index contributed by atoms with van der Waals surface area (Å²) in [6.07, 6.45) is 2.61. The summed E-state index contributed by atoms with van der Waals surface area (Å²) in [5, 5.41) is 0.922. The van der Waals surface area contributed by atoms with Crippen molar-refractivity contribution < 1.29 is 8.82 Å². The number of H-pyrrole nitrogens is 1. The van der Waals surface area contributed by atoms with Gasteiger partial charge in [0.25, 0.3) is 5.56 Å². The molecule has 1 heterocycles. The Balaban J connectivity index is 1.99. The fourth-order valence-corrected chi connectivity index (χ4v) is 4.01. The number of rotatable bonds is 3. The minimum atomic E-state index is -1.94. The van der Waals surface area contributed by atoms with Gasteiger partial charge in [-0.2, -0.15) is 0 Å². The van der Waals surface area contributed by atoms with E-state index in [1.54, 1.807) is 0 Å². The first-order valence-electron chi connectivity index (χ1n) is 8.61. The maximum Gasteiger partial charge on any atom is 0.251 e. The van der Waals surface area contributed by atoms with Gasteiger partial charge in [0.1, 0.15) is 0 Å². The molecule has 1 N–H and O–H groups in total. The monoisotopic (exact) mass is 347 g/mol. The molecule has 0 atom stereocenters. The molecule has 24 heavy (non-hydrogen) atoms. The molecule has 2 aromatic rings. The van der Waals surface area contributed by atoms with Crippen LogP contribution in [-0.4, -0.2) is 13.3 Å². The Hall–Kier alpha value is -1.46. The van der Waals surface area contributed by atoms with Crippen LogP contribution in [0.2, 0.25) is 18.1 Å². The lowest BCUT2D eigenvalue weighted by Gasteiger charge is -2.36. The summed E-state index contributed by atoms with van der Waals surface area (Å²) in [6, 6.07) is 3.74. The number of hydrogen-bond acceptors (Lipinski definition) is 2. The van der Waals surface area contributed by atoms with Gasteiger partial charge in [0, 0.05) is 16.5 Å². The molecule has 1 aromatic carbocycles. The van der Waals surface area contributed by atoms with E-state index < -0.39 is 8.32 Å². The Morgan fingerprint density at radius 1 is 1.21 bits per heavy atom. The number of aromatic amines is 1. The van der Waals surface area contributed by atoms with Crippen LogP contribution in [0.5, 0.6) is 0 Å². The normalized spacial score (nSPS) is 15.1. The second-order valence-corrected chi connectivity index (χ2v) is 13.1. The van der Waals surface area contributed by atoms with Crippen LogP contribution in [0, 0.1) is 5.82 Å². The zero-order valence-electron chi connectivity index (χ0n) is 15.2. The topological polar surface area (TPSA) is 42.1 Å². The molecule has 0 unspecified atom stereocenters. The van der Waals surface area contributed by atoms with Gasteiger partial charge in [-0.25, -0.2) is 4.39 Å². The molecule has 3 rings (SSSR count). The zero-order chi connectivity index (χ0) is 17.7. The highest BCUT2D eigenvalue weighted by Gasteiger charge is 2.37. The standard InChI is InChI=1S/C19H26FNO2Si/c1-19(2,3)24(4,5)23-11-12-9-10-14-13-7-6-8-15(13)18(22)21-17(14)16(12)20/h9-10H,6-8,11H2,1-5H3,(H,21,22). The van der Waals surface area contributed by atoms with Crippen LogP contribution in [0.15, 0.2) is 16.9 Å². The van der Waals surface area contributed by atoms with Crippen molar-refractivity contribution in [3.63, 3.8) is 0 Å². The first kappa shape index (κ1) is 17.4. The number of nitrogens with one attached hydrogen (secondary N) is 1. The lowest BCUT2D eigenvalue weighted by Crippen LogP contribution is -2.40. The number of pyridine rings is 1. The quantitative estimate of drug-likeness (QED) is 0.819. The molecular weight excluding hydrogens is 321 g/mol. The fraction of sp³-hybridized carbons (Fsp3) is 0.526. The van der Waals surface area contributed by atoms with Crippen LogP contribution in [0.4, 0.5) is 4.39 Å². The van der Waals surface area contributed by atoms with E-state index in [9.17, 15) is 9.18 Å². The minimum absolute atomic E-state index is 0.0788. The molecule has 0 spiro atoms. The number of fused-ring (bicyclic) bond motifs is 3. The highest BCUT2D eigenvalue weighted by atomic mass is 28.4. The number of hydrogen-bond donors (Lipinski definition) is 1. The SMILES string of the molecule is CC(C)(C)[Si](C)(C)OCc1ccc2c3c(c(=O)[nH]c2c1F)CCC3. The average Bonchev–Trinajstić information content (AvgIpc) is 2.96. The molecule has 1 aliphatic carbocycles. The third-order valence-electron chi connectivity index (χ3n) is 5.67. The van der Waals surface area contributed by atoms with Crippen LogP contribution in [0.25, 0.3) is 10.9 Å². The van der Waals surface area contributed by atoms with Crippen molar-refractivity contribution in [3.8, 4) is 0 Å². The molecule has 0 saturated heterocycles. The van der Waals surface area contributed by atoms with Crippen LogP contribution in [-0.2, 0) is 23.9 Å². The fourth-order valence-electron chi connectivity index (χ4n) is 3.06. The molecule has 1 aromatic heterocycles. The second kappa shape index (κ2) is 5.81. The number of benzene rings is 1. The summed E-state index contributed by atoms with van der Waals surface area (Å²) < 4.78 is 21.1. The summed E-state index contributed by atoms with van der Waals surface area (Å²) >= 11 is 0. The minimum Gasteiger partial charge on any atom is -0.412 e. The molecule has 0 fully saturated rings. The van der Waals surface area contributed by atoms with Gasteiger partial charge in [-0.3, -0.25) is 4.79 Å². The molecule has 0 saturated carbocycles. The summed E-state index contributed by atoms with van der Waals surface area (Å²) in [4.78, 5) is 14.9. The van der Waals surface area contributed by atoms with E-state index in [-0.39, 0.29) is 23.0 Å². The number of halogens is 1. The Labute approximate surface area is 143 Å². The molecule has 0 amide bonds. The molecule has 0 radical (unpaired) electrons. The van der Waals surface area contributed by atoms with Gasteiger partial charge < -0.3 is 9.41 Å². The summed E-state index contributed by atoms with van der Waals surface area (Å²) in [6.45, 7) is 11.0. The van der Waals surface area contributed by atoms with Crippen LogP contribution < -0.4 is 5.56 Å². The van der Waals surface area contributed by atoms with Crippen molar-refractivity contribution in [1.29, 1.82) is 0 Å². The third kappa shape index (κ3) is 2.84. The van der Waals surface area contributed by atoms with Gasteiger partial charge in [0.15, 0.2) is 14.1 Å². The first-order chi connectivity index (χ1) is 11.1. The van der Waals surface area contributed by atoms with Gasteiger partial charge in [-0.05, 0) is 43.0 Å². The molecule has 3 nitrogen and oxygen atoms in total. The van der Waals surface area contributed by atoms with Gasteiger partial charge in [0.2, 0.25) is 0 Å². The zero-order valence-corrected chi connectivity index (χ0v) is 16.2. The Kier molecular flexibility index (Phi) is 4.20. The van der Waals surface area contributed by atoms with Crippen LogP contribution in [0.3, 0.4) is 0 Å². The molecule has 130 valence electrons. The molecule has 0 bridgehead atoms. The van der Waals surface area contributed by atoms with Gasteiger partial charge in [-0.1, -0.05) is 32.9 Å². The van der Waals surface area contributed by atoms with E-state index in [4.69, 9.17) is 4.43 Å². The molecule has 5 heteroatoms. The van der Waals surface area contributed by atoms with Crippen molar-refractivity contribution >= 4 is 19.2 Å².